The zero-order valence-electron chi connectivity index (χ0n) is 14.8. The van der Waals surface area contributed by atoms with E-state index in [0.717, 1.165) is 28.4 Å². The largest absolute Gasteiger partial charge is 0.497 e. The van der Waals surface area contributed by atoms with Gasteiger partial charge < -0.3 is 10.1 Å². The average Bonchev–Trinajstić information content (AvgIpc) is 2.75. The average molecular weight is 354 g/mol. The Bertz CT molecular complexity index is 961. The van der Waals surface area contributed by atoms with Gasteiger partial charge >= 0.3 is 0 Å². The first-order valence-corrected chi connectivity index (χ1v) is 8.59. The van der Waals surface area contributed by atoms with Crippen molar-refractivity contribution < 1.29 is 4.74 Å². The molecule has 5 nitrogen and oxygen atoms in total. The number of anilines is 2. The maximum absolute atomic E-state index is 5.21. The van der Waals surface area contributed by atoms with Gasteiger partial charge in [-0.2, -0.15) is 0 Å². The number of methoxy groups -OCH3 is 1. The van der Waals surface area contributed by atoms with E-state index in [4.69, 9.17) is 9.72 Å². The number of aromatic nitrogens is 3. The third-order valence-electron chi connectivity index (χ3n) is 4.05. The summed E-state index contributed by atoms with van der Waals surface area (Å²) in [5.74, 6) is 2.16. The molecule has 4 aromatic rings. The molecule has 0 fully saturated rings. The number of hydrogen-bond acceptors (Lipinski definition) is 5. The highest BCUT2D eigenvalue weighted by molar-refractivity contribution is 5.68. The summed E-state index contributed by atoms with van der Waals surface area (Å²) >= 11 is 0. The van der Waals surface area contributed by atoms with Crippen molar-refractivity contribution >= 4 is 11.5 Å². The highest BCUT2D eigenvalue weighted by Gasteiger charge is 2.10. The van der Waals surface area contributed by atoms with Crippen molar-refractivity contribution in [2.75, 3.05) is 12.4 Å². The fraction of sp³-hybridized carbons (Fsp3) is 0.0455. The second-order valence-corrected chi connectivity index (χ2v) is 5.90. The first kappa shape index (κ1) is 16.7. The van der Waals surface area contributed by atoms with E-state index >= 15 is 0 Å². The standard InChI is InChI=1S/C22H18N4O/c1-27-18-12-10-17(11-13-18)24-21-15-20(19-9-5-6-14-23-19)25-22(26-21)16-7-3-2-4-8-16/h2-15H,1H3,(H,24,25,26). The van der Waals surface area contributed by atoms with Crippen molar-refractivity contribution in [3.8, 4) is 28.5 Å². The smallest absolute Gasteiger partial charge is 0.162 e. The van der Waals surface area contributed by atoms with Gasteiger partial charge in [0.15, 0.2) is 5.82 Å². The molecular weight excluding hydrogens is 336 g/mol. The monoisotopic (exact) mass is 354 g/mol. The minimum absolute atomic E-state index is 0.648. The van der Waals surface area contributed by atoms with Gasteiger partial charge in [0.2, 0.25) is 0 Å². The third kappa shape index (κ3) is 3.93. The molecule has 2 aromatic carbocycles. The predicted molar refractivity (Wildman–Crippen MR) is 107 cm³/mol. The molecule has 0 saturated carbocycles. The summed E-state index contributed by atoms with van der Waals surface area (Å²) in [6.45, 7) is 0. The van der Waals surface area contributed by atoms with Crippen molar-refractivity contribution in [1.82, 2.24) is 15.0 Å². The van der Waals surface area contributed by atoms with E-state index in [0.29, 0.717) is 11.6 Å². The van der Waals surface area contributed by atoms with Crippen molar-refractivity contribution in [1.29, 1.82) is 0 Å². The van der Waals surface area contributed by atoms with Crippen LogP contribution in [0.3, 0.4) is 0 Å². The van der Waals surface area contributed by atoms with Gasteiger partial charge in [-0.15, -0.1) is 0 Å². The lowest BCUT2D eigenvalue weighted by Gasteiger charge is -2.11. The lowest BCUT2D eigenvalue weighted by molar-refractivity contribution is 0.415. The van der Waals surface area contributed by atoms with E-state index < -0.39 is 0 Å². The molecular formula is C22H18N4O. The fourth-order valence-electron chi connectivity index (χ4n) is 2.70. The van der Waals surface area contributed by atoms with Crippen LogP contribution in [0.4, 0.5) is 11.5 Å². The van der Waals surface area contributed by atoms with E-state index in [2.05, 4.69) is 15.3 Å². The molecule has 0 radical (unpaired) electrons. The Labute approximate surface area is 157 Å². The summed E-state index contributed by atoms with van der Waals surface area (Å²) in [5.41, 5.74) is 3.43. The van der Waals surface area contributed by atoms with E-state index in [1.165, 1.54) is 0 Å². The quantitative estimate of drug-likeness (QED) is 0.549. The first-order valence-electron chi connectivity index (χ1n) is 8.59. The molecule has 2 heterocycles. The van der Waals surface area contributed by atoms with Gasteiger partial charge in [0.1, 0.15) is 11.6 Å². The number of pyridine rings is 1. The number of nitrogens with one attached hydrogen (secondary N) is 1. The van der Waals surface area contributed by atoms with Crippen molar-refractivity contribution in [2.45, 2.75) is 0 Å². The Kier molecular flexibility index (Phi) is 4.74. The van der Waals surface area contributed by atoms with E-state index in [1.54, 1.807) is 13.3 Å². The molecule has 0 aliphatic carbocycles. The Morgan fingerprint density at radius 2 is 1.56 bits per heavy atom. The van der Waals surface area contributed by atoms with Gasteiger partial charge in [0.25, 0.3) is 0 Å². The lowest BCUT2D eigenvalue weighted by Crippen LogP contribution is -2.00. The normalized spacial score (nSPS) is 10.4. The van der Waals surface area contributed by atoms with Crippen LogP contribution in [0, 0.1) is 0 Å². The molecule has 0 spiro atoms. The molecule has 5 heteroatoms. The molecule has 0 aliphatic heterocycles. The lowest BCUT2D eigenvalue weighted by atomic mass is 10.2. The van der Waals surface area contributed by atoms with Crippen LogP contribution >= 0.6 is 0 Å². The van der Waals surface area contributed by atoms with Gasteiger partial charge in [-0.1, -0.05) is 36.4 Å². The second-order valence-electron chi connectivity index (χ2n) is 5.90. The van der Waals surface area contributed by atoms with Gasteiger partial charge in [0.05, 0.1) is 18.5 Å². The van der Waals surface area contributed by atoms with Crippen LogP contribution in [0.25, 0.3) is 22.8 Å². The summed E-state index contributed by atoms with van der Waals surface area (Å²) in [7, 11) is 1.65. The van der Waals surface area contributed by atoms with E-state index in [1.807, 2.05) is 78.9 Å². The summed E-state index contributed by atoms with van der Waals surface area (Å²) < 4.78 is 5.21. The highest BCUT2D eigenvalue weighted by Crippen LogP contribution is 2.25. The van der Waals surface area contributed by atoms with Gasteiger partial charge in [-0.3, -0.25) is 4.98 Å². The van der Waals surface area contributed by atoms with Crippen molar-refractivity contribution in [3.05, 3.63) is 85.1 Å². The summed E-state index contributed by atoms with van der Waals surface area (Å²) in [6, 6.07) is 25.3. The predicted octanol–water partition coefficient (Wildman–Crippen LogP) is 4.96. The summed E-state index contributed by atoms with van der Waals surface area (Å²) in [5, 5.41) is 3.34. The molecule has 0 unspecified atom stereocenters. The Balaban J connectivity index is 1.75. The third-order valence-corrected chi connectivity index (χ3v) is 4.05. The van der Waals surface area contributed by atoms with Crippen LogP contribution < -0.4 is 10.1 Å². The number of benzene rings is 2. The maximum Gasteiger partial charge on any atom is 0.162 e. The van der Waals surface area contributed by atoms with Crippen LogP contribution in [-0.4, -0.2) is 22.1 Å². The number of hydrogen-bond donors (Lipinski definition) is 1. The Morgan fingerprint density at radius 3 is 2.26 bits per heavy atom. The SMILES string of the molecule is COc1ccc(Nc2cc(-c3ccccn3)nc(-c3ccccc3)n2)cc1. The number of nitrogens with zero attached hydrogens (tertiary/aromatic N) is 3. The molecule has 0 atom stereocenters. The molecule has 0 aliphatic rings. The molecule has 0 bridgehead atoms. The van der Waals surface area contributed by atoms with Gasteiger partial charge in [-0.25, -0.2) is 9.97 Å². The Morgan fingerprint density at radius 1 is 0.778 bits per heavy atom. The zero-order chi connectivity index (χ0) is 18.5. The zero-order valence-corrected chi connectivity index (χ0v) is 14.8. The molecule has 1 N–H and O–H groups in total. The molecule has 132 valence electrons. The van der Waals surface area contributed by atoms with Crippen molar-refractivity contribution in [3.63, 3.8) is 0 Å². The van der Waals surface area contributed by atoms with Crippen LogP contribution in [-0.2, 0) is 0 Å². The first-order chi connectivity index (χ1) is 13.3. The minimum Gasteiger partial charge on any atom is -0.497 e. The maximum atomic E-state index is 5.21. The van der Waals surface area contributed by atoms with E-state index in [-0.39, 0.29) is 0 Å². The molecule has 0 saturated heterocycles. The number of ether oxygens (including phenoxy) is 1. The fourth-order valence-corrected chi connectivity index (χ4v) is 2.70. The summed E-state index contributed by atoms with van der Waals surface area (Å²) in [6.07, 6.45) is 1.76. The second kappa shape index (κ2) is 7.66. The van der Waals surface area contributed by atoms with Crippen LogP contribution in [0.1, 0.15) is 0 Å². The molecule has 27 heavy (non-hydrogen) atoms. The van der Waals surface area contributed by atoms with E-state index in [9.17, 15) is 0 Å². The topological polar surface area (TPSA) is 59.9 Å². The molecule has 4 rings (SSSR count). The van der Waals surface area contributed by atoms with Crippen LogP contribution in [0.15, 0.2) is 85.1 Å². The summed E-state index contributed by atoms with van der Waals surface area (Å²) in [4.78, 5) is 13.8. The number of rotatable bonds is 5. The molecule has 0 amide bonds. The minimum atomic E-state index is 0.648. The Hall–Kier alpha value is -3.73. The van der Waals surface area contributed by atoms with Gasteiger partial charge in [-0.05, 0) is 36.4 Å². The van der Waals surface area contributed by atoms with Gasteiger partial charge in [0, 0.05) is 23.5 Å². The van der Waals surface area contributed by atoms with Crippen LogP contribution in [0.5, 0.6) is 5.75 Å². The highest BCUT2D eigenvalue weighted by atomic mass is 16.5. The van der Waals surface area contributed by atoms with Crippen molar-refractivity contribution in [2.24, 2.45) is 0 Å². The molecule has 2 aromatic heterocycles. The van der Waals surface area contributed by atoms with Crippen LogP contribution in [0.2, 0.25) is 0 Å².